The minimum Gasteiger partial charge on any atom is -0.338 e. The Hall–Kier alpha value is -2.18. The lowest BCUT2D eigenvalue weighted by Crippen LogP contribution is -2.17. The van der Waals surface area contributed by atoms with E-state index in [-0.39, 0.29) is 5.69 Å². The van der Waals surface area contributed by atoms with E-state index in [0.717, 1.165) is 5.82 Å². The third-order valence-electron chi connectivity index (χ3n) is 2.01. The highest BCUT2D eigenvalue weighted by molar-refractivity contribution is 5.84. The predicted molar refractivity (Wildman–Crippen MR) is 48.0 cm³/mol. The van der Waals surface area contributed by atoms with Crippen LogP contribution in [0.3, 0.4) is 0 Å². The second kappa shape index (κ2) is 2.19. The molecule has 0 atom stereocenters. The van der Waals surface area contributed by atoms with E-state index in [1.807, 2.05) is 6.92 Å². The Balaban J connectivity index is 2.72. The van der Waals surface area contributed by atoms with Crippen LogP contribution < -0.4 is 5.69 Å². The fourth-order valence-corrected chi connectivity index (χ4v) is 1.46. The van der Waals surface area contributed by atoms with Crippen molar-refractivity contribution >= 4 is 16.8 Å². The summed E-state index contributed by atoms with van der Waals surface area (Å²) in [6.07, 6.45) is 1.33. The summed E-state index contributed by atoms with van der Waals surface area (Å²) in [5.74, 6) is 0.728. The molecule has 70 valence electrons. The van der Waals surface area contributed by atoms with Gasteiger partial charge in [-0.15, -0.1) is 0 Å². The second-order valence-electron chi connectivity index (χ2n) is 2.97. The Labute approximate surface area is 76.8 Å². The van der Waals surface area contributed by atoms with E-state index in [1.165, 1.54) is 10.8 Å². The Morgan fingerprint density at radius 2 is 2.29 bits per heavy atom. The summed E-state index contributed by atoms with van der Waals surface area (Å²) >= 11 is 0. The van der Waals surface area contributed by atoms with E-state index in [4.69, 9.17) is 0 Å². The van der Waals surface area contributed by atoms with Crippen molar-refractivity contribution < 1.29 is 0 Å². The van der Waals surface area contributed by atoms with Crippen LogP contribution in [0.4, 0.5) is 0 Å². The number of imidazole rings is 1. The normalized spacial score (nSPS) is 11.5. The number of aromatic nitrogens is 6. The van der Waals surface area contributed by atoms with Crippen LogP contribution in [0.1, 0.15) is 5.82 Å². The maximum atomic E-state index is 11.4. The van der Waals surface area contributed by atoms with E-state index in [9.17, 15) is 4.79 Å². The second-order valence-corrected chi connectivity index (χ2v) is 2.97. The molecule has 0 fully saturated rings. The van der Waals surface area contributed by atoms with Crippen molar-refractivity contribution in [3.8, 4) is 0 Å². The Morgan fingerprint density at radius 3 is 3.14 bits per heavy atom. The number of H-pyrrole nitrogens is 2. The summed E-state index contributed by atoms with van der Waals surface area (Å²) in [6, 6.07) is 0. The number of hydrogen-bond acceptors (Lipinski definition) is 4. The topological polar surface area (TPSA) is 91.7 Å². The number of fused-ring (bicyclic) bond motifs is 3. The Kier molecular flexibility index (Phi) is 1.13. The van der Waals surface area contributed by atoms with Gasteiger partial charge in [0.25, 0.3) is 0 Å². The first-order valence-corrected chi connectivity index (χ1v) is 4.04. The van der Waals surface area contributed by atoms with Gasteiger partial charge < -0.3 is 4.98 Å². The van der Waals surface area contributed by atoms with Crippen LogP contribution in [-0.2, 0) is 0 Å². The van der Waals surface area contributed by atoms with Gasteiger partial charge in [0.1, 0.15) is 17.7 Å². The third-order valence-corrected chi connectivity index (χ3v) is 2.01. The first kappa shape index (κ1) is 7.25. The van der Waals surface area contributed by atoms with Gasteiger partial charge in [0.2, 0.25) is 0 Å². The molecule has 7 nitrogen and oxygen atoms in total. The maximum Gasteiger partial charge on any atom is 0.349 e. The zero-order chi connectivity index (χ0) is 9.71. The van der Waals surface area contributed by atoms with Gasteiger partial charge in [-0.3, -0.25) is 4.98 Å². The molecule has 3 rings (SSSR count). The molecule has 0 aromatic carbocycles. The van der Waals surface area contributed by atoms with Gasteiger partial charge in [0, 0.05) is 0 Å². The smallest absolute Gasteiger partial charge is 0.338 e. The molecule has 0 radical (unpaired) electrons. The van der Waals surface area contributed by atoms with Gasteiger partial charge in [0.05, 0.1) is 0 Å². The van der Waals surface area contributed by atoms with Crippen molar-refractivity contribution in [1.29, 1.82) is 0 Å². The Morgan fingerprint density at radius 1 is 1.43 bits per heavy atom. The van der Waals surface area contributed by atoms with Crippen molar-refractivity contribution in [3.63, 3.8) is 0 Å². The van der Waals surface area contributed by atoms with Crippen LogP contribution in [0.2, 0.25) is 0 Å². The number of aryl methyl sites for hydroxylation is 1. The van der Waals surface area contributed by atoms with E-state index < -0.39 is 0 Å². The molecular formula is C7H6N6O. The number of nitrogens with zero attached hydrogens (tertiary/aromatic N) is 4. The molecule has 7 heteroatoms. The van der Waals surface area contributed by atoms with Crippen molar-refractivity contribution in [3.05, 3.63) is 22.6 Å². The third kappa shape index (κ3) is 0.754. The molecular weight excluding hydrogens is 184 g/mol. The summed E-state index contributed by atoms with van der Waals surface area (Å²) < 4.78 is 1.19. The quantitative estimate of drug-likeness (QED) is 0.504. The number of nitrogens with one attached hydrogen (secondary N) is 2. The van der Waals surface area contributed by atoms with Crippen LogP contribution in [0.25, 0.3) is 16.8 Å². The van der Waals surface area contributed by atoms with Gasteiger partial charge in [-0.25, -0.2) is 14.8 Å². The summed E-state index contributed by atoms with van der Waals surface area (Å²) in [5, 5.41) is 3.79. The molecule has 0 saturated heterocycles. The minimum atomic E-state index is -0.337. The van der Waals surface area contributed by atoms with Crippen LogP contribution >= 0.6 is 0 Å². The van der Waals surface area contributed by atoms with Crippen LogP contribution in [0, 0.1) is 6.92 Å². The molecule has 2 N–H and O–H groups in total. The fraction of sp³-hybridized carbons (Fsp3) is 0.143. The molecule has 3 heterocycles. The largest absolute Gasteiger partial charge is 0.349 e. The van der Waals surface area contributed by atoms with Crippen molar-refractivity contribution in [2.45, 2.75) is 6.92 Å². The van der Waals surface area contributed by atoms with Gasteiger partial charge in [-0.05, 0) is 6.92 Å². The van der Waals surface area contributed by atoms with Crippen LogP contribution in [0.5, 0.6) is 0 Å². The molecule has 0 spiro atoms. The average Bonchev–Trinajstić information content (AvgIpc) is 2.69. The van der Waals surface area contributed by atoms with Gasteiger partial charge in [-0.2, -0.15) is 9.61 Å². The van der Waals surface area contributed by atoms with Crippen LogP contribution in [0.15, 0.2) is 11.1 Å². The van der Waals surface area contributed by atoms with Gasteiger partial charge in [0.15, 0.2) is 11.3 Å². The van der Waals surface area contributed by atoms with Crippen LogP contribution in [-0.4, -0.2) is 29.5 Å². The lowest BCUT2D eigenvalue weighted by molar-refractivity contribution is 0.879. The molecule has 0 aliphatic rings. The lowest BCUT2D eigenvalue weighted by Gasteiger charge is -1.90. The molecule has 0 aliphatic carbocycles. The summed E-state index contributed by atoms with van der Waals surface area (Å²) in [4.78, 5) is 25.1. The summed E-state index contributed by atoms with van der Waals surface area (Å²) in [6.45, 7) is 1.81. The Bertz CT molecular complexity index is 674. The first-order valence-electron chi connectivity index (χ1n) is 4.04. The average molecular weight is 190 g/mol. The molecule has 0 amide bonds. The predicted octanol–water partition coefficient (Wildman–Crippen LogP) is -0.398. The molecule has 14 heavy (non-hydrogen) atoms. The first-order chi connectivity index (χ1) is 6.75. The minimum absolute atomic E-state index is 0.337. The summed E-state index contributed by atoms with van der Waals surface area (Å²) in [5.41, 5.74) is 1.36. The van der Waals surface area contributed by atoms with Crippen molar-refractivity contribution in [2.75, 3.05) is 0 Å². The SMILES string of the molecule is Cc1nc2[nH]c(=O)n3ncnc3c2[nH]1. The summed E-state index contributed by atoms with van der Waals surface area (Å²) in [7, 11) is 0. The number of rotatable bonds is 0. The van der Waals surface area contributed by atoms with E-state index >= 15 is 0 Å². The van der Waals surface area contributed by atoms with E-state index in [1.54, 1.807) is 0 Å². The highest BCUT2D eigenvalue weighted by Crippen LogP contribution is 2.10. The molecule has 0 unspecified atom stereocenters. The lowest BCUT2D eigenvalue weighted by atomic mass is 10.5. The standard InChI is InChI=1S/C7H6N6O/c1-3-10-4-5(11-3)12-7(14)13-6(4)8-2-9-13/h2H,1H3,(H,10,11)(H,12,14). The highest BCUT2D eigenvalue weighted by atomic mass is 16.1. The monoisotopic (exact) mass is 190 g/mol. The molecule has 0 aliphatic heterocycles. The fourth-order valence-electron chi connectivity index (χ4n) is 1.46. The molecule has 0 saturated carbocycles. The maximum absolute atomic E-state index is 11.4. The zero-order valence-electron chi connectivity index (χ0n) is 7.27. The van der Waals surface area contributed by atoms with Gasteiger partial charge in [-0.1, -0.05) is 0 Å². The molecule has 3 aromatic heterocycles. The highest BCUT2D eigenvalue weighted by Gasteiger charge is 2.09. The van der Waals surface area contributed by atoms with Crippen molar-refractivity contribution in [1.82, 2.24) is 29.5 Å². The zero-order valence-corrected chi connectivity index (χ0v) is 7.27. The van der Waals surface area contributed by atoms with E-state index in [0.29, 0.717) is 16.8 Å². The van der Waals surface area contributed by atoms with E-state index in [2.05, 4.69) is 25.0 Å². The number of aromatic amines is 2. The van der Waals surface area contributed by atoms with Gasteiger partial charge >= 0.3 is 5.69 Å². The molecule has 0 bridgehead atoms. The number of hydrogen-bond donors (Lipinski definition) is 2. The van der Waals surface area contributed by atoms with Crippen molar-refractivity contribution in [2.24, 2.45) is 0 Å². The molecule has 3 aromatic rings.